The minimum Gasteiger partial charge on any atom is -0.261 e. The minimum absolute atomic E-state index is 0.908. The van der Waals surface area contributed by atoms with Gasteiger partial charge in [0.05, 0.1) is 51.4 Å². The van der Waals surface area contributed by atoms with Gasteiger partial charge in [0, 0.05) is 11.9 Å². The summed E-state index contributed by atoms with van der Waals surface area (Å²) in [7, 11) is 0. The van der Waals surface area contributed by atoms with Gasteiger partial charge in [-0.1, -0.05) is 36.9 Å². The van der Waals surface area contributed by atoms with Crippen molar-refractivity contribution in [1.82, 2.24) is 1.33 Å². The lowest BCUT2D eigenvalue weighted by Gasteiger charge is -2.04. The molecule has 0 N–H and O–H groups in total. The Morgan fingerprint density at radius 1 is 1.31 bits per heavy atom. The van der Waals surface area contributed by atoms with Gasteiger partial charge in [0.15, 0.2) is 0 Å². The lowest BCUT2D eigenvalue weighted by molar-refractivity contribution is 1.10. The van der Waals surface area contributed by atoms with E-state index in [2.05, 4.69) is 57.3 Å². The molecule has 1 aromatic rings. The summed E-state index contributed by atoms with van der Waals surface area (Å²) in [4.78, 5) is 4.36. The van der Waals surface area contributed by atoms with Gasteiger partial charge in [-0.05, 0) is 18.6 Å². The first-order valence-electron chi connectivity index (χ1n) is 4.68. The minimum atomic E-state index is 0.908. The summed E-state index contributed by atoms with van der Waals surface area (Å²) < 4.78 is 1.89. The molecule has 0 aliphatic rings. The van der Waals surface area contributed by atoms with Crippen LogP contribution in [-0.4, -0.2) is 7.04 Å². The van der Waals surface area contributed by atoms with Gasteiger partial charge < -0.3 is 0 Å². The number of nitrogens with zero attached hydrogens (tertiary/aromatic N) is 2. The summed E-state index contributed by atoms with van der Waals surface area (Å²) in [6.45, 7) is 5.87. The molecule has 2 nitrogen and oxygen atoms in total. The van der Waals surface area contributed by atoms with Crippen LogP contribution in [0.1, 0.15) is 12.5 Å². The van der Waals surface area contributed by atoms with Gasteiger partial charge in [-0.25, -0.2) is 0 Å². The van der Waals surface area contributed by atoms with Gasteiger partial charge in [0.25, 0.3) is 0 Å². The third kappa shape index (κ3) is 4.65. The molecule has 16 heavy (non-hydrogen) atoms. The first-order chi connectivity index (χ1) is 7.61. The quantitative estimate of drug-likeness (QED) is 0.292. The van der Waals surface area contributed by atoms with Crippen LogP contribution in [0.2, 0.25) is 0 Å². The zero-order valence-corrected chi connectivity index (χ0v) is 13.2. The zero-order valence-electron chi connectivity index (χ0n) is 8.90. The summed E-state index contributed by atoms with van der Waals surface area (Å²) in [5, 5.41) is 0. The molecule has 0 saturated carbocycles. The second kappa shape index (κ2) is 7.05. The van der Waals surface area contributed by atoms with Crippen molar-refractivity contribution < 1.29 is 0 Å². The van der Waals surface area contributed by atoms with Crippen molar-refractivity contribution in [1.29, 1.82) is 0 Å². The average molecular weight is 438 g/mol. The molecule has 0 aliphatic carbocycles. The summed E-state index contributed by atoms with van der Waals surface area (Å²) in [6, 6.07) is 10.1. The molecule has 0 heterocycles. The predicted molar refractivity (Wildman–Crippen MR) is 86.8 cm³/mol. The summed E-state index contributed by atoms with van der Waals surface area (Å²) >= 11 is 4.32. The largest absolute Gasteiger partial charge is 0.261 e. The Labute approximate surface area is 124 Å². The van der Waals surface area contributed by atoms with Crippen LogP contribution in [-0.2, 0) is 0 Å². The number of rotatable bonds is 4. The third-order valence-electron chi connectivity index (χ3n) is 1.94. The molecule has 0 radical (unpaired) electrons. The van der Waals surface area contributed by atoms with Gasteiger partial charge in [0.2, 0.25) is 0 Å². The predicted octanol–water partition coefficient (Wildman–Crippen LogP) is 4.53. The highest BCUT2D eigenvalue weighted by molar-refractivity contribution is 14.2. The van der Waals surface area contributed by atoms with Crippen LogP contribution in [0.15, 0.2) is 59.9 Å². The Morgan fingerprint density at radius 3 is 2.50 bits per heavy atom. The van der Waals surface area contributed by atoms with Gasteiger partial charge >= 0.3 is 0 Å². The van der Waals surface area contributed by atoms with Crippen molar-refractivity contribution in [3.63, 3.8) is 0 Å². The van der Waals surface area contributed by atoms with Gasteiger partial charge in [-0.2, -0.15) is 0 Å². The van der Waals surface area contributed by atoms with Crippen LogP contribution >= 0.6 is 45.7 Å². The maximum atomic E-state index is 4.36. The average Bonchev–Trinajstić information content (AvgIpc) is 2.29. The molecule has 0 unspecified atom stereocenters. The Morgan fingerprint density at radius 2 is 1.94 bits per heavy atom. The Hall–Kier alpha value is -0.370. The molecular formula is C12H12I2N2. The first-order valence-corrected chi connectivity index (χ1v) is 6.61. The SMILES string of the molecule is C=C(/C=C\N=C(/C)c1ccccc1)N(I)I. The fourth-order valence-electron chi connectivity index (χ4n) is 1.05. The van der Waals surface area contributed by atoms with Gasteiger partial charge in [0.1, 0.15) is 0 Å². The number of aliphatic imine (C=N–C) groups is 1. The Bertz CT molecular complexity index is 408. The highest BCUT2D eigenvalue weighted by Crippen LogP contribution is 2.16. The summed E-state index contributed by atoms with van der Waals surface area (Å²) in [5.74, 6) is 0. The van der Waals surface area contributed by atoms with Crippen LogP contribution in [0.25, 0.3) is 0 Å². The number of allylic oxidation sites excluding steroid dienone is 1. The number of halogens is 2. The molecule has 84 valence electrons. The van der Waals surface area contributed by atoms with Gasteiger partial charge in [-0.3, -0.25) is 6.32 Å². The smallest absolute Gasteiger partial charge is 0.0697 e. The molecule has 0 amide bonds. The highest BCUT2D eigenvalue weighted by Gasteiger charge is 1.94. The fourth-order valence-corrected chi connectivity index (χ4v) is 1.37. The molecule has 0 spiro atoms. The van der Waals surface area contributed by atoms with Gasteiger partial charge in [-0.15, -0.1) is 0 Å². The van der Waals surface area contributed by atoms with E-state index in [1.54, 1.807) is 6.20 Å². The zero-order chi connectivity index (χ0) is 12.0. The van der Waals surface area contributed by atoms with E-state index in [0.717, 1.165) is 17.0 Å². The van der Waals surface area contributed by atoms with E-state index in [4.69, 9.17) is 0 Å². The van der Waals surface area contributed by atoms with Crippen molar-refractivity contribution in [3.8, 4) is 0 Å². The van der Waals surface area contributed by atoms with E-state index in [0.29, 0.717) is 0 Å². The van der Waals surface area contributed by atoms with Crippen LogP contribution in [0.5, 0.6) is 0 Å². The van der Waals surface area contributed by atoms with E-state index >= 15 is 0 Å². The second-order valence-electron chi connectivity index (χ2n) is 3.12. The van der Waals surface area contributed by atoms with Crippen LogP contribution in [0.3, 0.4) is 0 Å². The topological polar surface area (TPSA) is 15.6 Å². The maximum absolute atomic E-state index is 4.36. The molecule has 0 fully saturated rings. The second-order valence-corrected chi connectivity index (χ2v) is 6.90. The van der Waals surface area contributed by atoms with E-state index in [1.807, 2.05) is 44.7 Å². The Balaban J connectivity index is 2.69. The van der Waals surface area contributed by atoms with E-state index in [9.17, 15) is 0 Å². The van der Waals surface area contributed by atoms with Crippen molar-refractivity contribution in [3.05, 3.63) is 60.4 Å². The molecule has 1 aromatic carbocycles. The summed E-state index contributed by atoms with van der Waals surface area (Å²) in [6.07, 6.45) is 3.65. The molecule has 0 aromatic heterocycles. The Kier molecular flexibility index (Phi) is 6.04. The van der Waals surface area contributed by atoms with Crippen LogP contribution in [0.4, 0.5) is 0 Å². The molecule has 0 atom stereocenters. The van der Waals surface area contributed by atoms with Crippen molar-refractivity contribution >= 4 is 51.4 Å². The molecular weight excluding hydrogens is 426 g/mol. The fraction of sp³-hybridized carbons (Fsp3) is 0.0833. The van der Waals surface area contributed by atoms with Crippen LogP contribution in [0, 0.1) is 0 Å². The molecule has 0 aliphatic heterocycles. The molecule has 1 rings (SSSR count). The lowest BCUT2D eigenvalue weighted by atomic mass is 10.1. The molecule has 0 bridgehead atoms. The van der Waals surface area contributed by atoms with E-state index in [-0.39, 0.29) is 0 Å². The van der Waals surface area contributed by atoms with Crippen molar-refractivity contribution in [2.75, 3.05) is 0 Å². The standard InChI is InChI=1S/C12H12I2N2/c1-10(16(13)14)8-9-15-11(2)12-6-4-3-5-7-12/h3-9H,1H2,2H3/b9-8-,15-11+. The highest BCUT2D eigenvalue weighted by atomic mass is 127. The lowest BCUT2D eigenvalue weighted by Crippen LogP contribution is -1.93. The molecule has 4 heteroatoms. The number of benzene rings is 1. The monoisotopic (exact) mass is 438 g/mol. The first kappa shape index (κ1) is 13.7. The van der Waals surface area contributed by atoms with E-state index < -0.39 is 0 Å². The number of hydrogen-bond donors (Lipinski definition) is 0. The molecule has 0 saturated heterocycles. The van der Waals surface area contributed by atoms with Crippen molar-refractivity contribution in [2.24, 2.45) is 4.99 Å². The maximum Gasteiger partial charge on any atom is 0.0697 e. The summed E-state index contributed by atoms with van der Waals surface area (Å²) in [5.41, 5.74) is 3.04. The van der Waals surface area contributed by atoms with Crippen molar-refractivity contribution in [2.45, 2.75) is 6.92 Å². The number of hydrogen-bond acceptors (Lipinski definition) is 2. The third-order valence-corrected chi connectivity index (χ3v) is 3.18. The van der Waals surface area contributed by atoms with Crippen LogP contribution < -0.4 is 0 Å². The normalized spacial score (nSPS) is 11.8. The van der Waals surface area contributed by atoms with E-state index in [1.165, 1.54) is 0 Å².